The standard InChI is InChI=1S/C23H36N6O3/c1-3-32-23(31)29-13-10-19(11-14-29)26-22(24-2)25-12-9-21(30)28-17-15-27(16-18-28)20-7-5-4-6-8-20/h4-8,19H,3,9-18H2,1-2H3,(H2,24,25,26). The molecule has 2 N–H and O–H groups in total. The van der Waals surface area contributed by atoms with Crippen molar-refractivity contribution >= 4 is 23.6 Å². The van der Waals surface area contributed by atoms with Crippen LogP contribution in [0.4, 0.5) is 10.5 Å². The number of likely N-dealkylation sites (tertiary alicyclic amines) is 1. The molecule has 32 heavy (non-hydrogen) atoms. The summed E-state index contributed by atoms with van der Waals surface area (Å²) in [4.78, 5) is 34.7. The Morgan fingerprint density at radius 3 is 2.34 bits per heavy atom. The van der Waals surface area contributed by atoms with Crippen LogP contribution in [0.1, 0.15) is 26.2 Å². The van der Waals surface area contributed by atoms with Crippen molar-refractivity contribution in [2.45, 2.75) is 32.2 Å². The summed E-state index contributed by atoms with van der Waals surface area (Å²) in [5, 5.41) is 6.65. The molecule has 1 aromatic carbocycles. The molecule has 0 unspecified atom stereocenters. The Hall–Kier alpha value is -2.97. The highest BCUT2D eigenvalue weighted by Crippen LogP contribution is 2.16. The highest BCUT2D eigenvalue weighted by Gasteiger charge is 2.24. The summed E-state index contributed by atoms with van der Waals surface area (Å²) < 4.78 is 5.06. The minimum Gasteiger partial charge on any atom is -0.450 e. The number of aliphatic imine (C=N–C) groups is 1. The number of rotatable bonds is 6. The fourth-order valence-corrected chi connectivity index (χ4v) is 4.11. The second-order valence-electron chi connectivity index (χ2n) is 8.06. The number of ether oxygens (including phenoxy) is 1. The number of para-hydroxylation sites is 1. The smallest absolute Gasteiger partial charge is 0.409 e. The molecule has 9 nitrogen and oxygen atoms in total. The molecule has 3 rings (SSSR count). The Labute approximate surface area is 190 Å². The largest absolute Gasteiger partial charge is 0.450 e. The number of benzene rings is 1. The van der Waals surface area contributed by atoms with Gasteiger partial charge in [-0.25, -0.2) is 4.79 Å². The third-order valence-electron chi connectivity index (χ3n) is 5.97. The molecule has 0 aliphatic carbocycles. The van der Waals surface area contributed by atoms with E-state index in [9.17, 15) is 9.59 Å². The number of guanidine groups is 1. The maximum absolute atomic E-state index is 12.6. The van der Waals surface area contributed by atoms with Gasteiger partial charge in [-0.3, -0.25) is 9.79 Å². The Bertz CT molecular complexity index is 756. The third-order valence-corrected chi connectivity index (χ3v) is 5.97. The van der Waals surface area contributed by atoms with E-state index >= 15 is 0 Å². The van der Waals surface area contributed by atoms with Gasteiger partial charge < -0.3 is 30.1 Å². The minimum atomic E-state index is -0.239. The Morgan fingerprint density at radius 1 is 1.03 bits per heavy atom. The number of piperazine rings is 1. The molecule has 9 heteroatoms. The summed E-state index contributed by atoms with van der Waals surface area (Å²) in [6.07, 6.45) is 1.87. The molecule has 2 amide bonds. The van der Waals surface area contributed by atoms with Gasteiger partial charge in [0.25, 0.3) is 0 Å². The lowest BCUT2D eigenvalue weighted by molar-refractivity contribution is -0.131. The molecule has 1 aromatic rings. The third kappa shape index (κ3) is 6.77. The zero-order valence-electron chi connectivity index (χ0n) is 19.3. The van der Waals surface area contributed by atoms with Crippen molar-refractivity contribution in [1.29, 1.82) is 0 Å². The van der Waals surface area contributed by atoms with Crippen molar-refractivity contribution < 1.29 is 14.3 Å². The van der Waals surface area contributed by atoms with Gasteiger partial charge in [-0.15, -0.1) is 0 Å². The maximum Gasteiger partial charge on any atom is 0.409 e. The molecule has 0 atom stereocenters. The number of amides is 2. The summed E-state index contributed by atoms with van der Waals surface area (Å²) in [6.45, 7) is 7.31. The average molecular weight is 445 g/mol. The van der Waals surface area contributed by atoms with Crippen LogP contribution in [0.2, 0.25) is 0 Å². The van der Waals surface area contributed by atoms with Crippen LogP contribution in [0.15, 0.2) is 35.3 Å². The van der Waals surface area contributed by atoms with Crippen molar-refractivity contribution in [3.63, 3.8) is 0 Å². The minimum absolute atomic E-state index is 0.170. The molecular formula is C23H36N6O3. The summed E-state index contributed by atoms with van der Waals surface area (Å²) >= 11 is 0. The van der Waals surface area contributed by atoms with Crippen molar-refractivity contribution in [2.75, 3.05) is 64.4 Å². The van der Waals surface area contributed by atoms with Crippen LogP contribution in [0, 0.1) is 0 Å². The van der Waals surface area contributed by atoms with E-state index in [2.05, 4.69) is 32.7 Å². The van der Waals surface area contributed by atoms with E-state index in [1.165, 1.54) is 5.69 Å². The molecule has 2 aliphatic heterocycles. The van der Waals surface area contributed by atoms with Crippen LogP contribution in [-0.2, 0) is 9.53 Å². The van der Waals surface area contributed by atoms with Gasteiger partial charge in [-0.1, -0.05) is 18.2 Å². The molecule has 0 bridgehead atoms. The number of hydrogen-bond donors (Lipinski definition) is 2. The number of nitrogens with zero attached hydrogens (tertiary/aromatic N) is 4. The molecule has 0 aromatic heterocycles. The lowest BCUT2D eigenvalue weighted by Crippen LogP contribution is -2.51. The van der Waals surface area contributed by atoms with E-state index in [1.54, 1.807) is 11.9 Å². The lowest BCUT2D eigenvalue weighted by Gasteiger charge is -2.36. The van der Waals surface area contributed by atoms with E-state index in [-0.39, 0.29) is 18.0 Å². The van der Waals surface area contributed by atoms with E-state index in [4.69, 9.17) is 4.74 Å². The van der Waals surface area contributed by atoms with Gasteiger partial charge in [0.1, 0.15) is 0 Å². The fourth-order valence-electron chi connectivity index (χ4n) is 4.11. The lowest BCUT2D eigenvalue weighted by atomic mass is 10.1. The Morgan fingerprint density at radius 2 is 1.72 bits per heavy atom. The van der Waals surface area contributed by atoms with Gasteiger partial charge in [-0.05, 0) is 31.9 Å². The first-order chi connectivity index (χ1) is 15.6. The molecule has 0 spiro atoms. The summed E-state index contributed by atoms with van der Waals surface area (Å²) in [5.74, 6) is 0.865. The summed E-state index contributed by atoms with van der Waals surface area (Å²) in [5.41, 5.74) is 1.21. The van der Waals surface area contributed by atoms with Gasteiger partial charge in [-0.2, -0.15) is 0 Å². The molecule has 2 heterocycles. The second-order valence-corrected chi connectivity index (χ2v) is 8.06. The van der Waals surface area contributed by atoms with Gasteiger partial charge >= 0.3 is 6.09 Å². The van der Waals surface area contributed by atoms with Crippen molar-refractivity contribution in [1.82, 2.24) is 20.4 Å². The second kappa shape index (κ2) is 12.2. The maximum atomic E-state index is 12.6. The molecule has 0 saturated carbocycles. The number of piperidine rings is 1. The predicted molar refractivity (Wildman–Crippen MR) is 126 cm³/mol. The SMILES string of the molecule is CCOC(=O)N1CCC(NC(=NC)NCCC(=O)N2CCN(c3ccccc3)CC2)CC1. The summed E-state index contributed by atoms with van der Waals surface area (Å²) in [6, 6.07) is 10.6. The van der Waals surface area contributed by atoms with Crippen LogP contribution in [0.3, 0.4) is 0 Å². The van der Waals surface area contributed by atoms with Crippen LogP contribution in [0.5, 0.6) is 0 Å². The molecule has 2 aliphatic rings. The molecule has 0 radical (unpaired) electrons. The predicted octanol–water partition coefficient (Wildman–Crippen LogP) is 1.51. The number of carbonyl (C=O) groups is 2. The first kappa shape index (κ1) is 23.7. The van der Waals surface area contributed by atoms with Crippen molar-refractivity contribution in [3.05, 3.63) is 30.3 Å². The van der Waals surface area contributed by atoms with Crippen LogP contribution >= 0.6 is 0 Å². The zero-order chi connectivity index (χ0) is 22.8. The quantitative estimate of drug-likeness (QED) is 0.511. The van der Waals surface area contributed by atoms with Crippen molar-refractivity contribution in [3.8, 4) is 0 Å². The monoisotopic (exact) mass is 444 g/mol. The van der Waals surface area contributed by atoms with Gasteiger partial charge in [0.2, 0.25) is 5.91 Å². The van der Waals surface area contributed by atoms with Gasteiger partial charge in [0.15, 0.2) is 5.96 Å². The first-order valence-electron chi connectivity index (χ1n) is 11.6. The van der Waals surface area contributed by atoms with E-state index < -0.39 is 0 Å². The molecule has 2 saturated heterocycles. The Kier molecular flexibility index (Phi) is 9.01. The molecule has 176 valence electrons. The Balaban J connectivity index is 1.33. The number of anilines is 1. The number of carbonyl (C=O) groups excluding carboxylic acids is 2. The molecule has 2 fully saturated rings. The van der Waals surface area contributed by atoms with Crippen LogP contribution in [0.25, 0.3) is 0 Å². The number of nitrogens with one attached hydrogen (secondary N) is 2. The highest BCUT2D eigenvalue weighted by atomic mass is 16.6. The van der Waals surface area contributed by atoms with Crippen molar-refractivity contribution in [2.24, 2.45) is 4.99 Å². The average Bonchev–Trinajstić information content (AvgIpc) is 2.84. The van der Waals surface area contributed by atoms with Gasteiger partial charge in [0, 0.05) is 71.0 Å². The van der Waals surface area contributed by atoms with E-state index in [0.29, 0.717) is 38.6 Å². The zero-order valence-corrected chi connectivity index (χ0v) is 19.3. The molecular weight excluding hydrogens is 408 g/mol. The van der Waals surface area contributed by atoms with Crippen LogP contribution < -0.4 is 15.5 Å². The first-order valence-corrected chi connectivity index (χ1v) is 11.6. The number of hydrogen-bond acceptors (Lipinski definition) is 5. The van der Waals surface area contributed by atoms with Gasteiger partial charge in [0.05, 0.1) is 6.61 Å². The normalized spacial score (nSPS) is 17.8. The highest BCUT2D eigenvalue weighted by molar-refractivity contribution is 5.81. The van der Waals surface area contributed by atoms with Crippen LogP contribution in [-0.4, -0.2) is 93.3 Å². The van der Waals surface area contributed by atoms with E-state index in [0.717, 1.165) is 39.0 Å². The topological polar surface area (TPSA) is 89.5 Å². The fraction of sp³-hybridized carbons (Fsp3) is 0.609. The van der Waals surface area contributed by atoms with E-state index in [1.807, 2.05) is 30.0 Å². The summed E-state index contributed by atoms with van der Waals surface area (Å²) in [7, 11) is 1.73.